The van der Waals surface area contributed by atoms with Crippen LogP contribution in [0.1, 0.15) is 22.7 Å². The van der Waals surface area contributed by atoms with Crippen molar-refractivity contribution >= 4 is 11.2 Å². The summed E-state index contributed by atoms with van der Waals surface area (Å²) in [5, 5.41) is 0. The molecule has 0 spiro atoms. The van der Waals surface area contributed by atoms with Crippen LogP contribution in [0.4, 0.5) is 0 Å². The van der Waals surface area contributed by atoms with Crippen molar-refractivity contribution in [2.24, 2.45) is 5.73 Å². The number of nitrogens with two attached hydrogens (primary N) is 1. The Morgan fingerprint density at radius 3 is 2.63 bits per heavy atom. The zero-order valence-electron chi connectivity index (χ0n) is 10.8. The zero-order chi connectivity index (χ0) is 13.2. The van der Waals surface area contributed by atoms with Crippen LogP contribution < -0.4 is 5.73 Å². The quantitative estimate of drug-likeness (QED) is 0.779. The van der Waals surface area contributed by atoms with Crippen molar-refractivity contribution in [1.29, 1.82) is 0 Å². The molecule has 2 aromatic heterocycles. The van der Waals surface area contributed by atoms with Crippen molar-refractivity contribution in [3.63, 3.8) is 0 Å². The van der Waals surface area contributed by atoms with E-state index in [9.17, 15) is 0 Å². The van der Waals surface area contributed by atoms with Gasteiger partial charge in [0.2, 0.25) is 5.89 Å². The number of rotatable bonds is 3. The van der Waals surface area contributed by atoms with E-state index in [1.54, 1.807) is 0 Å². The lowest BCUT2D eigenvalue weighted by atomic mass is 10.0. The van der Waals surface area contributed by atoms with E-state index in [2.05, 4.69) is 16.0 Å². The topological polar surface area (TPSA) is 64.9 Å². The van der Waals surface area contributed by atoms with Crippen LogP contribution in [0.15, 0.2) is 40.8 Å². The summed E-state index contributed by atoms with van der Waals surface area (Å²) in [5.74, 6) is 0.675. The molecule has 3 aromatic rings. The molecule has 4 heteroatoms. The maximum Gasteiger partial charge on any atom is 0.201 e. The molecule has 0 fully saturated rings. The number of nitrogens with zero attached hydrogens (tertiary/aromatic N) is 2. The molecule has 0 saturated heterocycles. The maximum atomic E-state index is 5.74. The molecule has 3 rings (SSSR count). The van der Waals surface area contributed by atoms with E-state index in [-0.39, 0.29) is 0 Å². The van der Waals surface area contributed by atoms with Gasteiger partial charge in [-0.25, -0.2) is 4.98 Å². The molecule has 0 aliphatic carbocycles. The number of fused-ring (bicyclic) bond motifs is 1. The summed E-state index contributed by atoms with van der Waals surface area (Å²) < 4.78 is 5.71. The molecule has 0 atom stereocenters. The predicted molar refractivity (Wildman–Crippen MR) is 73.7 cm³/mol. The molecule has 2 heterocycles. The van der Waals surface area contributed by atoms with Gasteiger partial charge >= 0.3 is 0 Å². The fourth-order valence-electron chi connectivity index (χ4n) is 2.13. The van der Waals surface area contributed by atoms with E-state index >= 15 is 0 Å². The minimum Gasteiger partial charge on any atom is -0.439 e. The monoisotopic (exact) mass is 253 g/mol. The molecular weight excluding hydrogens is 238 g/mol. The van der Waals surface area contributed by atoms with Crippen molar-refractivity contribution in [2.75, 3.05) is 0 Å². The van der Waals surface area contributed by atoms with Gasteiger partial charge in [0.05, 0.1) is 0 Å². The zero-order valence-corrected chi connectivity index (χ0v) is 10.8. The van der Waals surface area contributed by atoms with E-state index in [1.165, 1.54) is 0 Å². The fourth-order valence-corrected chi connectivity index (χ4v) is 2.13. The Bertz CT molecular complexity index is 718. The number of hydrogen-bond donors (Lipinski definition) is 1. The first-order valence-electron chi connectivity index (χ1n) is 6.26. The Labute approximate surface area is 111 Å². The minimum absolute atomic E-state index is 0.522. The van der Waals surface area contributed by atoms with Crippen LogP contribution >= 0.6 is 0 Å². The van der Waals surface area contributed by atoms with E-state index in [0.29, 0.717) is 24.5 Å². The standard InChI is InChI=1S/C15H15N3O/c1-10-6-7-13-15(17-10)18-14(19-13)8-11-4-2-3-5-12(11)9-16/h2-7H,8-9,16H2,1H3. The van der Waals surface area contributed by atoms with Crippen LogP contribution in [0, 0.1) is 6.92 Å². The lowest BCUT2D eigenvalue weighted by molar-refractivity contribution is 0.543. The van der Waals surface area contributed by atoms with Crippen LogP contribution in [0.5, 0.6) is 0 Å². The lowest BCUT2D eigenvalue weighted by Crippen LogP contribution is -2.01. The normalized spacial score (nSPS) is 11.1. The minimum atomic E-state index is 0.522. The second-order valence-corrected chi connectivity index (χ2v) is 4.53. The highest BCUT2D eigenvalue weighted by molar-refractivity contribution is 5.67. The maximum absolute atomic E-state index is 5.74. The summed E-state index contributed by atoms with van der Waals surface area (Å²) in [6, 6.07) is 11.9. The molecule has 0 aliphatic rings. The highest BCUT2D eigenvalue weighted by Crippen LogP contribution is 2.18. The number of hydrogen-bond acceptors (Lipinski definition) is 4. The van der Waals surface area contributed by atoms with E-state index < -0.39 is 0 Å². The second kappa shape index (κ2) is 4.82. The number of aryl methyl sites for hydroxylation is 1. The van der Waals surface area contributed by atoms with Crippen molar-refractivity contribution in [3.8, 4) is 0 Å². The molecule has 19 heavy (non-hydrogen) atoms. The summed E-state index contributed by atoms with van der Waals surface area (Å²) >= 11 is 0. The van der Waals surface area contributed by atoms with Gasteiger partial charge in [0.1, 0.15) is 0 Å². The van der Waals surface area contributed by atoms with E-state index in [0.717, 1.165) is 22.4 Å². The summed E-state index contributed by atoms with van der Waals surface area (Å²) in [5.41, 5.74) is 10.3. The Kier molecular flexibility index (Phi) is 3.01. The van der Waals surface area contributed by atoms with Crippen LogP contribution in [-0.2, 0) is 13.0 Å². The third kappa shape index (κ3) is 2.35. The highest BCUT2D eigenvalue weighted by atomic mass is 16.3. The van der Waals surface area contributed by atoms with Crippen molar-refractivity contribution in [2.45, 2.75) is 19.9 Å². The number of oxazole rings is 1. The Balaban J connectivity index is 1.96. The summed E-state index contributed by atoms with van der Waals surface area (Å²) in [4.78, 5) is 8.78. The molecule has 0 radical (unpaired) electrons. The fraction of sp³-hybridized carbons (Fsp3) is 0.200. The SMILES string of the molecule is Cc1ccc2oc(Cc3ccccc3CN)nc2n1. The summed E-state index contributed by atoms with van der Waals surface area (Å²) in [7, 11) is 0. The first kappa shape index (κ1) is 11.9. The van der Waals surface area contributed by atoms with Gasteiger partial charge in [-0.05, 0) is 30.2 Å². The van der Waals surface area contributed by atoms with Gasteiger partial charge in [-0.2, -0.15) is 4.98 Å². The van der Waals surface area contributed by atoms with Gasteiger partial charge in [-0.15, -0.1) is 0 Å². The molecule has 0 saturated carbocycles. The third-order valence-electron chi connectivity index (χ3n) is 3.12. The average Bonchev–Trinajstić information content (AvgIpc) is 2.80. The van der Waals surface area contributed by atoms with Gasteiger partial charge < -0.3 is 10.2 Å². The van der Waals surface area contributed by atoms with E-state index in [1.807, 2.05) is 37.3 Å². The molecule has 96 valence electrons. The van der Waals surface area contributed by atoms with Crippen molar-refractivity contribution in [3.05, 3.63) is 59.1 Å². The molecule has 1 aromatic carbocycles. The number of aromatic nitrogens is 2. The van der Waals surface area contributed by atoms with Gasteiger partial charge in [-0.3, -0.25) is 0 Å². The van der Waals surface area contributed by atoms with Crippen molar-refractivity contribution in [1.82, 2.24) is 9.97 Å². The van der Waals surface area contributed by atoms with Crippen LogP contribution in [-0.4, -0.2) is 9.97 Å². The van der Waals surface area contributed by atoms with Crippen molar-refractivity contribution < 1.29 is 4.42 Å². The molecule has 4 nitrogen and oxygen atoms in total. The molecular formula is C15H15N3O. The predicted octanol–water partition coefficient (Wildman–Crippen LogP) is 2.58. The smallest absolute Gasteiger partial charge is 0.201 e. The lowest BCUT2D eigenvalue weighted by Gasteiger charge is -2.04. The third-order valence-corrected chi connectivity index (χ3v) is 3.12. The van der Waals surface area contributed by atoms with Gasteiger partial charge in [0.15, 0.2) is 11.2 Å². The Hall–Kier alpha value is -2.20. The average molecular weight is 253 g/mol. The van der Waals surface area contributed by atoms with Crippen LogP contribution in [0.2, 0.25) is 0 Å². The summed E-state index contributed by atoms with van der Waals surface area (Å²) in [6.07, 6.45) is 0.642. The molecule has 0 amide bonds. The summed E-state index contributed by atoms with van der Waals surface area (Å²) in [6.45, 7) is 2.46. The molecule has 0 bridgehead atoms. The molecule has 0 aliphatic heterocycles. The second-order valence-electron chi connectivity index (χ2n) is 4.53. The Morgan fingerprint density at radius 1 is 1.05 bits per heavy atom. The number of benzene rings is 1. The van der Waals surface area contributed by atoms with Crippen LogP contribution in [0.3, 0.4) is 0 Å². The molecule has 2 N–H and O–H groups in total. The van der Waals surface area contributed by atoms with E-state index in [4.69, 9.17) is 10.2 Å². The first-order chi connectivity index (χ1) is 9.26. The highest BCUT2D eigenvalue weighted by Gasteiger charge is 2.09. The molecule has 0 unspecified atom stereocenters. The first-order valence-corrected chi connectivity index (χ1v) is 6.26. The number of pyridine rings is 1. The largest absolute Gasteiger partial charge is 0.439 e. The van der Waals surface area contributed by atoms with Crippen LogP contribution in [0.25, 0.3) is 11.2 Å². The Morgan fingerprint density at radius 2 is 1.84 bits per heavy atom. The van der Waals surface area contributed by atoms with Gasteiger partial charge in [0, 0.05) is 18.7 Å². The van der Waals surface area contributed by atoms with Gasteiger partial charge in [-0.1, -0.05) is 24.3 Å². The van der Waals surface area contributed by atoms with Gasteiger partial charge in [0.25, 0.3) is 0 Å².